The van der Waals surface area contributed by atoms with Crippen molar-refractivity contribution in [1.29, 1.82) is 0 Å². The van der Waals surface area contributed by atoms with Crippen molar-refractivity contribution in [3.63, 3.8) is 0 Å². The summed E-state index contributed by atoms with van der Waals surface area (Å²) >= 11 is 0. The lowest BCUT2D eigenvalue weighted by Gasteiger charge is -2.42. The van der Waals surface area contributed by atoms with Crippen LogP contribution in [0.5, 0.6) is 0 Å². The van der Waals surface area contributed by atoms with E-state index in [-0.39, 0.29) is 29.9 Å². The molecule has 2 aromatic carbocycles. The number of methoxy groups -OCH3 is 1. The number of carbonyl (C=O) groups is 3. The molecule has 1 aliphatic carbocycles. The molecule has 8 nitrogen and oxygen atoms in total. The van der Waals surface area contributed by atoms with Gasteiger partial charge in [0, 0.05) is 13.0 Å². The first-order valence-electron chi connectivity index (χ1n) is 13.8. The number of fused-ring (bicyclic) bond motifs is 1. The molecular formula is C31H41N3O5. The Balaban J connectivity index is 1.48. The minimum Gasteiger partial charge on any atom is -0.465 e. The van der Waals surface area contributed by atoms with E-state index >= 15 is 0 Å². The van der Waals surface area contributed by atoms with Gasteiger partial charge in [0.25, 0.3) is 0 Å². The normalized spacial score (nSPS) is 22.0. The van der Waals surface area contributed by atoms with E-state index in [4.69, 9.17) is 15.2 Å². The van der Waals surface area contributed by atoms with Crippen LogP contribution in [0.25, 0.3) is 0 Å². The van der Waals surface area contributed by atoms with Gasteiger partial charge in [-0.1, -0.05) is 57.2 Å². The van der Waals surface area contributed by atoms with E-state index in [1.807, 2.05) is 45.0 Å². The maximum absolute atomic E-state index is 13.8. The average Bonchev–Trinajstić information content (AvgIpc) is 2.94. The molecule has 210 valence electrons. The largest absolute Gasteiger partial charge is 0.465 e. The molecular weight excluding hydrogens is 494 g/mol. The lowest BCUT2D eigenvalue weighted by molar-refractivity contribution is -0.149. The number of benzene rings is 2. The number of hydrogen-bond donors (Lipinski definition) is 2. The molecule has 8 heteroatoms. The number of nitrogens with zero attached hydrogens (tertiary/aromatic N) is 1. The topological polar surface area (TPSA) is 111 Å². The maximum Gasteiger partial charge on any atom is 0.337 e. The number of ether oxygens (including phenoxy) is 2. The van der Waals surface area contributed by atoms with Crippen LogP contribution in [0.15, 0.2) is 48.5 Å². The Morgan fingerprint density at radius 1 is 1.08 bits per heavy atom. The average molecular weight is 536 g/mol. The molecule has 0 spiro atoms. The highest BCUT2D eigenvalue weighted by molar-refractivity contribution is 5.91. The van der Waals surface area contributed by atoms with Crippen molar-refractivity contribution in [1.82, 2.24) is 10.2 Å². The first-order valence-corrected chi connectivity index (χ1v) is 13.8. The zero-order valence-corrected chi connectivity index (χ0v) is 23.4. The van der Waals surface area contributed by atoms with Gasteiger partial charge in [-0.15, -0.1) is 0 Å². The standard InChI is InChI=1S/C31H41N3O5/c1-31(2,3)27(32)29(36)34-17-16-23(39-19-20-12-14-22(15-13-20)30(37)38-4)18-26(34)28(35)33-25-11-7-9-21-8-5-6-10-24(21)25/h5-6,8,10,12-15,23,25-27H,7,9,11,16-19,32H2,1-4H3,(H,33,35)/t23?,25?,26-,27+/m0/s1. The second kappa shape index (κ2) is 12.3. The van der Waals surface area contributed by atoms with Crippen LogP contribution in [0.3, 0.4) is 0 Å². The Labute approximate surface area is 231 Å². The van der Waals surface area contributed by atoms with Crippen molar-refractivity contribution in [2.45, 2.75) is 83.7 Å². The van der Waals surface area contributed by atoms with Crippen LogP contribution in [-0.2, 0) is 32.1 Å². The summed E-state index contributed by atoms with van der Waals surface area (Å²) < 4.78 is 11.0. The predicted molar refractivity (Wildman–Crippen MR) is 149 cm³/mol. The summed E-state index contributed by atoms with van der Waals surface area (Å²) in [6.07, 6.45) is 3.68. The minimum absolute atomic E-state index is 0.0784. The Kier molecular flexibility index (Phi) is 9.08. The van der Waals surface area contributed by atoms with Crippen LogP contribution in [0.4, 0.5) is 0 Å². The molecule has 0 bridgehead atoms. The molecule has 4 rings (SSSR count). The predicted octanol–water partition coefficient (Wildman–Crippen LogP) is 3.92. The molecule has 39 heavy (non-hydrogen) atoms. The molecule has 2 aliphatic rings. The van der Waals surface area contributed by atoms with Crippen LogP contribution in [0.1, 0.15) is 79.5 Å². The highest BCUT2D eigenvalue weighted by atomic mass is 16.5. The fourth-order valence-corrected chi connectivity index (χ4v) is 5.39. The van der Waals surface area contributed by atoms with Gasteiger partial charge in [-0.25, -0.2) is 4.79 Å². The first-order chi connectivity index (χ1) is 18.6. The summed E-state index contributed by atoms with van der Waals surface area (Å²) in [4.78, 5) is 40.6. The third kappa shape index (κ3) is 6.86. The highest BCUT2D eigenvalue weighted by Crippen LogP contribution is 2.31. The number of aryl methyl sites for hydroxylation is 1. The lowest BCUT2D eigenvalue weighted by Crippen LogP contribution is -2.60. The van der Waals surface area contributed by atoms with Crippen LogP contribution in [-0.4, -0.2) is 54.5 Å². The molecule has 0 radical (unpaired) electrons. The van der Waals surface area contributed by atoms with Gasteiger partial charge >= 0.3 is 5.97 Å². The number of nitrogens with one attached hydrogen (secondary N) is 1. The number of amides is 2. The van der Waals surface area contributed by atoms with Gasteiger partial charge in [-0.05, 0) is 59.9 Å². The van der Waals surface area contributed by atoms with Crippen molar-refractivity contribution in [2.24, 2.45) is 11.1 Å². The van der Waals surface area contributed by atoms with Crippen LogP contribution >= 0.6 is 0 Å². The van der Waals surface area contributed by atoms with Gasteiger partial charge in [0.2, 0.25) is 11.8 Å². The molecule has 1 saturated heterocycles. The van der Waals surface area contributed by atoms with Crippen molar-refractivity contribution in [3.05, 3.63) is 70.8 Å². The SMILES string of the molecule is COC(=O)c1ccc(COC2CCN(C(=O)[C@@H](N)C(C)(C)C)[C@H](C(=O)NC3CCCc4ccccc43)C2)cc1. The molecule has 1 aliphatic heterocycles. The lowest BCUT2D eigenvalue weighted by atomic mass is 9.85. The number of nitrogens with two attached hydrogens (primary N) is 1. The van der Waals surface area contributed by atoms with Crippen LogP contribution in [0, 0.1) is 5.41 Å². The van der Waals surface area contributed by atoms with E-state index in [1.165, 1.54) is 12.7 Å². The molecule has 1 fully saturated rings. The Bertz CT molecular complexity index is 1170. The second-order valence-electron chi connectivity index (χ2n) is 11.7. The molecule has 2 amide bonds. The van der Waals surface area contributed by atoms with Gasteiger partial charge in [0.15, 0.2) is 0 Å². The molecule has 4 atom stereocenters. The van der Waals surface area contributed by atoms with Crippen LogP contribution in [0.2, 0.25) is 0 Å². The summed E-state index contributed by atoms with van der Waals surface area (Å²) in [5.41, 5.74) is 9.74. The number of hydrogen-bond acceptors (Lipinski definition) is 6. The molecule has 3 N–H and O–H groups in total. The van der Waals surface area contributed by atoms with Gasteiger partial charge in [-0.3, -0.25) is 9.59 Å². The first kappa shape index (κ1) is 28.8. The Morgan fingerprint density at radius 3 is 2.49 bits per heavy atom. The van der Waals surface area contributed by atoms with E-state index in [1.54, 1.807) is 17.0 Å². The summed E-state index contributed by atoms with van der Waals surface area (Å²) in [7, 11) is 1.35. The third-order valence-electron chi connectivity index (χ3n) is 7.89. The fraction of sp³-hybridized carbons (Fsp3) is 0.516. The number of esters is 1. The number of piperidine rings is 1. The van der Waals surface area contributed by atoms with Gasteiger partial charge in [0.05, 0.1) is 37.5 Å². The fourth-order valence-electron chi connectivity index (χ4n) is 5.39. The molecule has 0 saturated carbocycles. The Hall–Kier alpha value is -3.23. The van der Waals surface area contributed by atoms with Crippen molar-refractivity contribution < 1.29 is 23.9 Å². The number of likely N-dealkylation sites (tertiary alicyclic amines) is 1. The van der Waals surface area contributed by atoms with Gasteiger partial charge < -0.3 is 25.4 Å². The zero-order chi connectivity index (χ0) is 28.2. The summed E-state index contributed by atoms with van der Waals surface area (Å²) in [5.74, 6) is -0.757. The van der Waals surface area contributed by atoms with E-state index in [0.717, 1.165) is 30.4 Å². The van der Waals surface area contributed by atoms with Gasteiger partial charge in [-0.2, -0.15) is 0 Å². The monoisotopic (exact) mass is 535 g/mol. The van der Waals surface area contributed by atoms with E-state index in [0.29, 0.717) is 31.6 Å². The number of carbonyl (C=O) groups excluding carboxylic acids is 3. The Morgan fingerprint density at radius 2 is 1.79 bits per heavy atom. The maximum atomic E-state index is 13.8. The van der Waals surface area contributed by atoms with Gasteiger partial charge in [0.1, 0.15) is 6.04 Å². The van der Waals surface area contributed by atoms with E-state index in [9.17, 15) is 14.4 Å². The third-order valence-corrected chi connectivity index (χ3v) is 7.89. The summed E-state index contributed by atoms with van der Waals surface area (Å²) in [5, 5.41) is 3.25. The molecule has 2 aromatic rings. The molecule has 0 aromatic heterocycles. The summed E-state index contributed by atoms with van der Waals surface area (Å²) in [6, 6.07) is 13.9. The zero-order valence-electron chi connectivity index (χ0n) is 23.4. The molecule has 2 unspecified atom stereocenters. The quantitative estimate of drug-likeness (QED) is 0.520. The van der Waals surface area contributed by atoms with Crippen molar-refractivity contribution in [3.8, 4) is 0 Å². The smallest absolute Gasteiger partial charge is 0.337 e. The van der Waals surface area contributed by atoms with Crippen LogP contribution < -0.4 is 11.1 Å². The molecule has 1 heterocycles. The second-order valence-corrected chi connectivity index (χ2v) is 11.7. The van der Waals surface area contributed by atoms with E-state index in [2.05, 4.69) is 17.4 Å². The van der Waals surface area contributed by atoms with E-state index < -0.39 is 17.5 Å². The van der Waals surface area contributed by atoms with Crippen molar-refractivity contribution in [2.75, 3.05) is 13.7 Å². The minimum atomic E-state index is -0.714. The van der Waals surface area contributed by atoms with Crippen molar-refractivity contribution >= 4 is 17.8 Å². The highest BCUT2D eigenvalue weighted by Gasteiger charge is 2.41. The number of rotatable bonds is 7. The summed E-state index contributed by atoms with van der Waals surface area (Å²) in [6.45, 7) is 6.54.